The van der Waals surface area contributed by atoms with Gasteiger partial charge < -0.3 is 15.1 Å². The maximum Gasteiger partial charge on any atom is 0.261 e. The topological polar surface area (TPSA) is 96.2 Å². The van der Waals surface area contributed by atoms with Crippen LogP contribution in [0.3, 0.4) is 0 Å². The Balaban J connectivity index is 1.31. The number of carbonyl (C=O) groups excluding carboxylic acids is 2. The molecule has 9 nitrogen and oxygen atoms in total. The summed E-state index contributed by atoms with van der Waals surface area (Å²) in [6.07, 6.45) is 0. The summed E-state index contributed by atoms with van der Waals surface area (Å²) in [5.74, 6) is 0.357. The highest BCUT2D eigenvalue weighted by atomic mass is 32.1. The number of hydrogen-bond acceptors (Lipinski definition) is 7. The van der Waals surface area contributed by atoms with Crippen molar-refractivity contribution >= 4 is 29.1 Å². The smallest absolute Gasteiger partial charge is 0.261 e. The molecule has 1 saturated heterocycles. The highest BCUT2D eigenvalue weighted by molar-refractivity contribution is 7.13. The van der Waals surface area contributed by atoms with E-state index in [1.165, 1.54) is 11.3 Å². The number of thiophene rings is 1. The molecule has 1 aliphatic heterocycles. The first kappa shape index (κ1) is 19.1. The molecule has 0 bridgehead atoms. The van der Waals surface area contributed by atoms with Crippen LogP contribution in [0.15, 0.2) is 42.5 Å². The number of nitrogens with zero attached hydrogens (tertiary/aromatic N) is 6. The molecule has 3 heterocycles. The van der Waals surface area contributed by atoms with E-state index in [1.807, 2.05) is 43.3 Å². The van der Waals surface area contributed by atoms with Crippen LogP contribution in [0.25, 0.3) is 5.69 Å². The third-order valence-corrected chi connectivity index (χ3v) is 5.73. The molecule has 29 heavy (non-hydrogen) atoms. The Hall–Kier alpha value is -3.27. The van der Waals surface area contributed by atoms with Crippen molar-refractivity contribution in [1.82, 2.24) is 30.4 Å². The van der Waals surface area contributed by atoms with Crippen molar-refractivity contribution in [2.75, 3.05) is 37.6 Å². The van der Waals surface area contributed by atoms with E-state index in [0.29, 0.717) is 37.0 Å². The highest BCUT2D eigenvalue weighted by Crippen LogP contribution is 2.17. The molecule has 3 aromatic rings. The van der Waals surface area contributed by atoms with Crippen LogP contribution < -0.4 is 10.2 Å². The van der Waals surface area contributed by atoms with Gasteiger partial charge in [-0.1, -0.05) is 23.3 Å². The number of nitrogens with one attached hydrogen (secondary N) is 1. The van der Waals surface area contributed by atoms with Crippen LogP contribution >= 0.6 is 11.3 Å². The molecule has 0 radical (unpaired) electrons. The van der Waals surface area contributed by atoms with Gasteiger partial charge in [0.15, 0.2) is 0 Å². The molecular formula is C19H21N7O2S. The minimum atomic E-state index is -0.211. The quantitative estimate of drug-likeness (QED) is 0.676. The molecule has 0 unspecified atom stereocenters. The van der Waals surface area contributed by atoms with Gasteiger partial charge in [0.2, 0.25) is 11.9 Å². The van der Waals surface area contributed by atoms with Crippen LogP contribution in [0.4, 0.5) is 5.95 Å². The standard InChI is InChI=1S/C19H21N7O2S/c1-14-7-8-16(29-14)18(28)20-13-17(27)24-9-11-25(12-10-24)19-21-22-23-26(19)15-5-3-2-4-6-15/h2-8H,9-13H2,1H3,(H,20,28). The zero-order valence-corrected chi connectivity index (χ0v) is 16.8. The highest BCUT2D eigenvalue weighted by Gasteiger charge is 2.25. The first-order valence-electron chi connectivity index (χ1n) is 9.33. The number of aromatic nitrogens is 4. The number of amides is 2. The molecule has 1 fully saturated rings. The number of anilines is 1. The molecule has 1 aliphatic rings. The summed E-state index contributed by atoms with van der Waals surface area (Å²) in [4.78, 5) is 30.1. The molecule has 0 aliphatic carbocycles. The SMILES string of the molecule is Cc1ccc(C(=O)NCC(=O)N2CCN(c3nnnn3-c3ccccc3)CC2)s1. The van der Waals surface area contributed by atoms with Gasteiger partial charge in [-0.25, -0.2) is 0 Å². The normalized spacial score (nSPS) is 14.1. The Kier molecular flexibility index (Phi) is 5.52. The molecule has 10 heteroatoms. The average Bonchev–Trinajstić information content (AvgIpc) is 3.42. The van der Waals surface area contributed by atoms with Crippen LogP contribution in [-0.4, -0.2) is 69.6 Å². The van der Waals surface area contributed by atoms with E-state index in [4.69, 9.17) is 0 Å². The van der Waals surface area contributed by atoms with E-state index in [9.17, 15) is 9.59 Å². The second-order valence-electron chi connectivity index (χ2n) is 6.69. The lowest BCUT2D eigenvalue weighted by Gasteiger charge is -2.34. The Morgan fingerprint density at radius 1 is 1.07 bits per heavy atom. The lowest BCUT2D eigenvalue weighted by molar-refractivity contribution is -0.130. The number of benzene rings is 1. The number of carbonyl (C=O) groups is 2. The van der Waals surface area contributed by atoms with Crippen molar-refractivity contribution in [3.8, 4) is 5.69 Å². The Morgan fingerprint density at radius 3 is 2.52 bits per heavy atom. The zero-order chi connectivity index (χ0) is 20.2. The van der Waals surface area contributed by atoms with Crippen molar-refractivity contribution in [3.63, 3.8) is 0 Å². The van der Waals surface area contributed by atoms with Gasteiger partial charge in [-0.3, -0.25) is 9.59 Å². The zero-order valence-electron chi connectivity index (χ0n) is 16.0. The lowest BCUT2D eigenvalue weighted by Crippen LogP contribution is -2.51. The van der Waals surface area contributed by atoms with Gasteiger partial charge in [0.1, 0.15) is 0 Å². The van der Waals surface area contributed by atoms with E-state index in [-0.39, 0.29) is 18.4 Å². The van der Waals surface area contributed by atoms with E-state index in [1.54, 1.807) is 15.6 Å². The van der Waals surface area contributed by atoms with Gasteiger partial charge in [-0.2, -0.15) is 4.68 Å². The van der Waals surface area contributed by atoms with Gasteiger partial charge in [-0.15, -0.1) is 11.3 Å². The Bertz CT molecular complexity index is 993. The molecule has 2 amide bonds. The first-order valence-corrected chi connectivity index (χ1v) is 10.1. The number of aryl methyl sites for hydroxylation is 1. The van der Waals surface area contributed by atoms with Gasteiger partial charge in [0.05, 0.1) is 17.1 Å². The second-order valence-corrected chi connectivity index (χ2v) is 7.97. The maximum atomic E-state index is 12.5. The van der Waals surface area contributed by atoms with Gasteiger partial charge in [0, 0.05) is 31.1 Å². The number of para-hydroxylation sites is 1. The summed E-state index contributed by atoms with van der Waals surface area (Å²) in [6.45, 7) is 4.29. The number of hydrogen-bond donors (Lipinski definition) is 1. The fourth-order valence-corrected chi connectivity index (χ4v) is 3.97. The third-order valence-electron chi connectivity index (χ3n) is 4.73. The molecular weight excluding hydrogens is 390 g/mol. The van der Waals surface area contributed by atoms with Crippen LogP contribution in [-0.2, 0) is 4.79 Å². The van der Waals surface area contributed by atoms with Crippen molar-refractivity contribution < 1.29 is 9.59 Å². The second kappa shape index (κ2) is 8.39. The third kappa shape index (κ3) is 4.27. The summed E-state index contributed by atoms with van der Waals surface area (Å²) in [5, 5.41) is 14.7. The molecule has 1 aromatic carbocycles. The molecule has 4 rings (SSSR count). The average molecular weight is 411 g/mol. The first-order chi connectivity index (χ1) is 14.1. The van der Waals surface area contributed by atoms with E-state index in [0.717, 1.165) is 10.6 Å². The predicted octanol–water partition coefficient (Wildman–Crippen LogP) is 1.11. The van der Waals surface area contributed by atoms with Crippen molar-refractivity contribution in [2.24, 2.45) is 0 Å². The number of piperazine rings is 1. The molecule has 0 atom stereocenters. The monoisotopic (exact) mass is 411 g/mol. The van der Waals surface area contributed by atoms with Crippen LogP contribution in [0.5, 0.6) is 0 Å². The molecule has 2 aromatic heterocycles. The van der Waals surface area contributed by atoms with Crippen LogP contribution in [0, 0.1) is 6.92 Å². The minimum Gasteiger partial charge on any atom is -0.342 e. The van der Waals surface area contributed by atoms with Crippen LogP contribution in [0.2, 0.25) is 0 Å². The number of tetrazole rings is 1. The molecule has 0 spiro atoms. The summed E-state index contributed by atoms with van der Waals surface area (Å²) >= 11 is 1.42. The molecule has 150 valence electrons. The van der Waals surface area contributed by atoms with Crippen LogP contribution in [0.1, 0.15) is 14.5 Å². The van der Waals surface area contributed by atoms with E-state index < -0.39 is 0 Å². The Labute approximate surface area is 171 Å². The van der Waals surface area contributed by atoms with Gasteiger partial charge in [-0.05, 0) is 41.6 Å². The predicted molar refractivity (Wildman–Crippen MR) is 109 cm³/mol. The van der Waals surface area contributed by atoms with Crippen molar-refractivity contribution in [1.29, 1.82) is 0 Å². The van der Waals surface area contributed by atoms with E-state index in [2.05, 4.69) is 25.7 Å². The molecule has 0 saturated carbocycles. The molecule has 1 N–H and O–H groups in total. The van der Waals surface area contributed by atoms with Gasteiger partial charge in [0.25, 0.3) is 5.91 Å². The fraction of sp³-hybridized carbons (Fsp3) is 0.316. The minimum absolute atomic E-state index is 0.00245. The fourth-order valence-electron chi connectivity index (χ4n) is 3.18. The van der Waals surface area contributed by atoms with Crippen molar-refractivity contribution in [2.45, 2.75) is 6.92 Å². The maximum absolute atomic E-state index is 12.5. The van der Waals surface area contributed by atoms with E-state index >= 15 is 0 Å². The van der Waals surface area contributed by atoms with Gasteiger partial charge >= 0.3 is 0 Å². The van der Waals surface area contributed by atoms with Crippen molar-refractivity contribution in [3.05, 3.63) is 52.2 Å². The largest absolute Gasteiger partial charge is 0.342 e. The lowest BCUT2D eigenvalue weighted by atomic mass is 10.3. The summed E-state index contributed by atoms with van der Waals surface area (Å²) in [7, 11) is 0. The summed E-state index contributed by atoms with van der Waals surface area (Å²) in [6, 6.07) is 13.4. The summed E-state index contributed by atoms with van der Waals surface area (Å²) < 4.78 is 1.70. The Morgan fingerprint density at radius 2 is 1.83 bits per heavy atom. The summed E-state index contributed by atoms with van der Waals surface area (Å²) in [5.41, 5.74) is 0.887. The number of rotatable bonds is 5.